The fourth-order valence-electron chi connectivity index (χ4n) is 3.02. The quantitative estimate of drug-likeness (QED) is 0.839. The van der Waals surface area contributed by atoms with E-state index < -0.39 is 15.8 Å². The van der Waals surface area contributed by atoms with E-state index in [1.54, 1.807) is 17.9 Å². The molecule has 8 heteroatoms. The van der Waals surface area contributed by atoms with Gasteiger partial charge in [0.15, 0.2) is 0 Å². The van der Waals surface area contributed by atoms with Gasteiger partial charge in [0.25, 0.3) is 15.9 Å². The highest BCUT2D eigenvalue weighted by atomic mass is 32.2. The van der Waals surface area contributed by atoms with Crippen LogP contribution in [0.2, 0.25) is 0 Å². The summed E-state index contributed by atoms with van der Waals surface area (Å²) in [6.45, 7) is 5.63. The second kappa shape index (κ2) is 7.66. The zero-order chi connectivity index (χ0) is 19.6. The van der Waals surface area contributed by atoms with Crippen molar-refractivity contribution >= 4 is 21.6 Å². The van der Waals surface area contributed by atoms with Crippen molar-refractivity contribution in [3.8, 4) is 0 Å². The van der Waals surface area contributed by atoms with E-state index in [9.17, 15) is 17.6 Å². The second-order valence-electron chi connectivity index (χ2n) is 6.70. The molecule has 27 heavy (non-hydrogen) atoms. The summed E-state index contributed by atoms with van der Waals surface area (Å²) in [6, 6.07) is 9.70. The minimum Gasteiger partial charge on any atom is -0.336 e. The highest BCUT2D eigenvalue weighted by molar-refractivity contribution is 7.92. The molecule has 1 atom stereocenters. The van der Waals surface area contributed by atoms with Gasteiger partial charge in [0.1, 0.15) is 5.82 Å². The first kappa shape index (κ1) is 19.3. The van der Waals surface area contributed by atoms with Crippen molar-refractivity contribution in [1.29, 1.82) is 0 Å². The van der Waals surface area contributed by atoms with E-state index in [1.807, 2.05) is 6.92 Å². The summed E-state index contributed by atoms with van der Waals surface area (Å²) in [4.78, 5) is 14.6. The van der Waals surface area contributed by atoms with E-state index in [0.717, 1.165) is 0 Å². The number of hydrogen-bond donors (Lipinski definition) is 2. The van der Waals surface area contributed by atoms with Crippen molar-refractivity contribution in [2.45, 2.75) is 24.8 Å². The van der Waals surface area contributed by atoms with Crippen molar-refractivity contribution in [3.63, 3.8) is 0 Å². The summed E-state index contributed by atoms with van der Waals surface area (Å²) >= 11 is 0. The molecule has 1 heterocycles. The number of sulfonamides is 1. The molecule has 144 valence electrons. The topological polar surface area (TPSA) is 78.5 Å². The third-order valence-corrected chi connectivity index (χ3v) is 5.88. The minimum absolute atomic E-state index is 0.0102. The Hall–Kier alpha value is -2.45. The summed E-state index contributed by atoms with van der Waals surface area (Å²) in [5, 5.41) is 3.27. The maximum atomic E-state index is 13.0. The van der Waals surface area contributed by atoms with Gasteiger partial charge < -0.3 is 10.2 Å². The molecule has 2 N–H and O–H groups in total. The van der Waals surface area contributed by atoms with Crippen molar-refractivity contribution in [2.75, 3.05) is 24.4 Å². The van der Waals surface area contributed by atoms with Crippen LogP contribution in [-0.2, 0) is 10.0 Å². The molecule has 1 amide bonds. The molecule has 2 aromatic carbocycles. The van der Waals surface area contributed by atoms with E-state index in [0.29, 0.717) is 30.8 Å². The van der Waals surface area contributed by atoms with E-state index in [1.165, 1.54) is 36.4 Å². The van der Waals surface area contributed by atoms with Gasteiger partial charge in [0.2, 0.25) is 0 Å². The number of halogens is 1. The first-order valence-corrected chi connectivity index (χ1v) is 10.2. The lowest BCUT2D eigenvalue weighted by molar-refractivity contribution is 0.0708. The molecule has 3 rings (SSSR count). The summed E-state index contributed by atoms with van der Waals surface area (Å²) < 4.78 is 40.7. The Bertz CT molecular complexity index is 945. The molecule has 0 bridgehead atoms. The number of rotatable bonds is 4. The summed E-state index contributed by atoms with van der Waals surface area (Å²) in [5.41, 5.74) is 1.33. The number of piperazine rings is 1. The van der Waals surface area contributed by atoms with Crippen LogP contribution in [-0.4, -0.2) is 44.9 Å². The lowest BCUT2D eigenvalue weighted by Gasteiger charge is -2.32. The third kappa shape index (κ3) is 4.45. The molecule has 0 aliphatic carbocycles. The predicted molar refractivity (Wildman–Crippen MR) is 102 cm³/mol. The number of carbonyl (C=O) groups is 1. The Morgan fingerprint density at radius 3 is 2.59 bits per heavy atom. The summed E-state index contributed by atoms with van der Waals surface area (Å²) in [6.07, 6.45) is 0. The van der Waals surface area contributed by atoms with Crippen molar-refractivity contribution in [3.05, 3.63) is 59.4 Å². The first-order valence-electron chi connectivity index (χ1n) is 8.68. The monoisotopic (exact) mass is 391 g/mol. The number of aryl methyl sites for hydroxylation is 1. The largest absolute Gasteiger partial charge is 0.336 e. The molecule has 1 fully saturated rings. The average Bonchev–Trinajstić information content (AvgIpc) is 2.63. The van der Waals surface area contributed by atoms with E-state index >= 15 is 0 Å². The van der Waals surface area contributed by atoms with Crippen LogP contribution in [0.5, 0.6) is 0 Å². The fraction of sp³-hybridized carbons (Fsp3) is 0.316. The lowest BCUT2D eigenvalue weighted by atomic mass is 10.1. The third-order valence-electron chi connectivity index (χ3n) is 4.50. The summed E-state index contributed by atoms with van der Waals surface area (Å²) in [5.74, 6) is -0.633. The Kier molecular flexibility index (Phi) is 5.48. The van der Waals surface area contributed by atoms with Crippen LogP contribution in [0.3, 0.4) is 0 Å². The van der Waals surface area contributed by atoms with Gasteiger partial charge in [-0.25, -0.2) is 12.8 Å². The molecule has 0 aromatic heterocycles. The van der Waals surface area contributed by atoms with Gasteiger partial charge in [-0.2, -0.15) is 0 Å². The molecular formula is C19H22FN3O3S. The average molecular weight is 391 g/mol. The molecule has 1 aliphatic rings. The Morgan fingerprint density at radius 2 is 1.93 bits per heavy atom. The van der Waals surface area contributed by atoms with Crippen LogP contribution >= 0.6 is 0 Å². The van der Waals surface area contributed by atoms with Gasteiger partial charge in [0.05, 0.1) is 4.90 Å². The molecule has 0 radical (unpaired) electrons. The predicted octanol–water partition coefficient (Wildman–Crippen LogP) is 2.37. The van der Waals surface area contributed by atoms with Gasteiger partial charge >= 0.3 is 0 Å². The number of nitrogens with one attached hydrogen (secondary N) is 2. The van der Waals surface area contributed by atoms with Crippen LogP contribution < -0.4 is 10.0 Å². The van der Waals surface area contributed by atoms with Gasteiger partial charge in [-0.1, -0.05) is 6.07 Å². The van der Waals surface area contributed by atoms with Gasteiger partial charge in [-0.15, -0.1) is 0 Å². The van der Waals surface area contributed by atoms with Crippen LogP contribution in [0.25, 0.3) is 0 Å². The van der Waals surface area contributed by atoms with E-state index in [4.69, 9.17) is 0 Å². The molecule has 1 saturated heterocycles. The van der Waals surface area contributed by atoms with Crippen LogP contribution in [0.1, 0.15) is 22.8 Å². The maximum absolute atomic E-state index is 13.0. The highest BCUT2D eigenvalue weighted by Crippen LogP contribution is 2.21. The number of nitrogens with zero attached hydrogens (tertiary/aromatic N) is 1. The summed E-state index contributed by atoms with van der Waals surface area (Å²) in [7, 11) is -3.90. The zero-order valence-corrected chi connectivity index (χ0v) is 16.0. The molecule has 1 aliphatic heterocycles. The standard InChI is InChI=1S/C19H22FN3O3S/c1-13-3-8-17(27(25,26)22-16-6-4-15(20)5-7-16)11-18(13)19(24)23-10-9-21-14(2)12-23/h3-8,11,14,21-22H,9-10,12H2,1-2H3. The molecule has 1 unspecified atom stereocenters. The van der Waals surface area contributed by atoms with Crippen LogP contribution in [0.15, 0.2) is 47.4 Å². The van der Waals surface area contributed by atoms with Gasteiger partial charge in [0, 0.05) is 36.9 Å². The van der Waals surface area contributed by atoms with E-state index in [2.05, 4.69) is 10.0 Å². The Labute approximate surface area is 158 Å². The molecule has 0 saturated carbocycles. The van der Waals surface area contributed by atoms with Crippen molar-refractivity contribution < 1.29 is 17.6 Å². The fourth-order valence-corrected chi connectivity index (χ4v) is 4.10. The second-order valence-corrected chi connectivity index (χ2v) is 8.38. The lowest BCUT2D eigenvalue weighted by Crippen LogP contribution is -2.51. The number of hydrogen-bond acceptors (Lipinski definition) is 4. The highest BCUT2D eigenvalue weighted by Gasteiger charge is 2.24. The molecule has 0 spiro atoms. The Morgan fingerprint density at radius 1 is 1.22 bits per heavy atom. The normalized spacial score (nSPS) is 17.6. The SMILES string of the molecule is Cc1ccc(S(=O)(=O)Nc2ccc(F)cc2)cc1C(=O)N1CCNC(C)C1. The van der Waals surface area contributed by atoms with Crippen molar-refractivity contribution in [1.82, 2.24) is 10.2 Å². The molecule has 2 aromatic rings. The zero-order valence-electron chi connectivity index (χ0n) is 15.2. The van der Waals surface area contributed by atoms with Crippen LogP contribution in [0, 0.1) is 12.7 Å². The smallest absolute Gasteiger partial charge is 0.261 e. The molecular weight excluding hydrogens is 369 g/mol. The number of amides is 1. The maximum Gasteiger partial charge on any atom is 0.261 e. The number of anilines is 1. The van der Waals surface area contributed by atoms with E-state index in [-0.39, 0.29) is 22.5 Å². The first-order chi connectivity index (χ1) is 12.8. The van der Waals surface area contributed by atoms with Gasteiger partial charge in [-0.3, -0.25) is 9.52 Å². The van der Waals surface area contributed by atoms with Gasteiger partial charge in [-0.05, 0) is 55.8 Å². The number of benzene rings is 2. The minimum atomic E-state index is -3.90. The number of carbonyl (C=O) groups excluding carboxylic acids is 1. The molecule has 6 nitrogen and oxygen atoms in total. The van der Waals surface area contributed by atoms with Crippen molar-refractivity contribution in [2.24, 2.45) is 0 Å². The van der Waals surface area contributed by atoms with Crippen LogP contribution in [0.4, 0.5) is 10.1 Å². The Balaban J connectivity index is 1.87.